The number of nitrogens with zero attached hydrogens (tertiary/aromatic N) is 1. The van der Waals surface area contributed by atoms with Gasteiger partial charge in [-0.2, -0.15) is 0 Å². The SMILES string of the molecule is COC(=O)c1nc2c(C)c(Br)ccc2[nH]1. The number of hydrogen-bond acceptors (Lipinski definition) is 3. The monoisotopic (exact) mass is 268 g/mol. The average molecular weight is 269 g/mol. The first kappa shape index (κ1) is 10.2. The van der Waals surface area contributed by atoms with Crippen molar-refractivity contribution in [3.05, 3.63) is 28.0 Å². The lowest BCUT2D eigenvalue weighted by Gasteiger charge is -1.96. The van der Waals surface area contributed by atoms with E-state index >= 15 is 0 Å². The molecule has 0 aliphatic rings. The normalized spacial score (nSPS) is 10.6. The maximum Gasteiger partial charge on any atom is 0.374 e. The van der Waals surface area contributed by atoms with Crippen molar-refractivity contribution in [2.75, 3.05) is 7.11 Å². The number of hydrogen-bond donors (Lipinski definition) is 1. The van der Waals surface area contributed by atoms with Crippen LogP contribution < -0.4 is 0 Å². The second-order valence-electron chi connectivity index (χ2n) is 3.15. The molecule has 4 nitrogen and oxygen atoms in total. The Labute approximate surface area is 94.8 Å². The van der Waals surface area contributed by atoms with Gasteiger partial charge < -0.3 is 9.72 Å². The molecular formula is C10H9BrN2O2. The number of ether oxygens (including phenoxy) is 1. The van der Waals surface area contributed by atoms with Crippen molar-refractivity contribution >= 4 is 32.9 Å². The summed E-state index contributed by atoms with van der Waals surface area (Å²) in [7, 11) is 1.33. The number of carbonyl (C=O) groups is 1. The third-order valence-electron chi connectivity index (χ3n) is 2.22. The molecule has 0 atom stereocenters. The summed E-state index contributed by atoms with van der Waals surface area (Å²) in [5.41, 5.74) is 2.61. The molecule has 1 aromatic carbocycles. The number of aromatic nitrogens is 2. The zero-order chi connectivity index (χ0) is 11.0. The third kappa shape index (κ3) is 1.63. The largest absolute Gasteiger partial charge is 0.463 e. The molecular weight excluding hydrogens is 260 g/mol. The number of carbonyl (C=O) groups excluding carboxylic acids is 1. The molecule has 78 valence electrons. The summed E-state index contributed by atoms with van der Waals surface area (Å²) in [6.45, 7) is 1.94. The first-order valence-electron chi connectivity index (χ1n) is 4.36. The predicted molar refractivity (Wildman–Crippen MR) is 59.9 cm³/mol. The molecule has 2 aromatic rings. The summed E-state index contributed by atoms with van der Waals surface area (Å²) in [5, 5.41) is 0. The highest BCUT2D eigenvalue weighted by Gasteiger charge is 2.13. The van der Waals surface area contributed by atoms with Crippen molar-refractivity contribution in [2.45, 2.75) is 6.92 Å². The molecule has 0 saturated carbocycles. The van der Waals surface area contributed by atoms with Crippen LogP contribution in [-0.2, 0) is 4.74 Å². The predicted octanol–water partition coefficient (Wildman–Crippen LogP) is 2.42. The van der Waals surface area contributed by atoms with E-state index in [0.29, 0.717) is 0 Å². The van der Waals surface area contributed by atoms with E-state index in [4.69, 9.17) is 0 Å². The minimum atomic E-state index is -0.457. The van der Waals surface area contributed by atoms with E-state index in [1.165, 1.54) is 7.11 Å². The Morgan fingerprint density at radius 3 is 2.93 bits per heavy atom. The molecule has 0 bridgehead atoms. The van der Waals surface area contributed by atoms with Gasteiger partial charge in [-0.3, -0.25) is 0 Å². The van der Waals surface area contributed by atoms with E-state index in [0.717, 1.165) is 21.1 Å². The van der Waals surface area contributed by atoms with Crippen molar-refractivity contribution in [1.29, 1.82) is 0 Å². The van der Waals surface area contributed by atoms with Crippen molar-refractivity contribution in [3.63, 3.8) is 0 Å². The Kier molecular flexibility index (Phi) is 2.48. The highest BCUT2D eigenvalue weighted by atomic mass is 79.9. The molecule has 0 unspecified atom stereocenters. The summed E-state index contributed by atoms with van der Waals surface area (Å²) in [5.74, 6) is -0.226. The van der Waals surface area contributed by atoms with Crippen LogP contribution in [0.1, 0.15) is 16.2 Å². The summed E-state index contributed by atoms with van der Waals surface area (Å²) in [6, 6.07) is 3.78. The summed E-state index contributed by atoms with van der Waals surface area (Å²) in [4.78, 5) is 18.3. The number of fused-ring (bicyclic) bond motifs is 1. The Balaban J connectivity index is 2.66. The van der Waals surface area contributed by atoms with Gasteiger partial charge in [0.1, 0.15) is 0 Å². The molecule has 15 heavy (non-hydrogen) atoms. The van der Waals surface area contributed by atoms with E-state index in [2.05, 4.69) is 30.6 Å². The number of aryl methyl sites for hydroxylation is 1. The highest BCUT2D eigenvalue weighted by Crippen LogP contribution is 2.23. The van der Waals surface area contributed by atoms with Crippen molar-refractivity contribution < 1.29 is 9.53 Å². The van der Waals surface area contributed by atoms with Crippen molar-refractivity contribution in [1.82, 2.24) is 9.97 Å². The number of halogens is 1. The maximum absolute atomic E-state index is 11.3. The quantitative estimate of drug-likeness (QED) is 0.809. The van der Waals surface area contributed by atoms with Crippen molar-refractivity contribution in [3.8, 4) is 0 Å². The van der Waals surface area contributed by atoms with Gasteiger partial charge in [-0.25, -0.2) is 9.78 Å². The lowest BCUT2D eigenvalue weighted by Crippen LogP contribution is -2.02. The minimum absolute atomic E-state index is 0.230. The van der Waals surface area contributed by atoms with Gasteiger partial charge in [0.2, 0.25) is 5.82 Å². The van der Waals surface area contributed by atoms with Crippen LogP contribution in [0.25, 0.3) is 11.0 Å². The third-order valence-corrected chi connectivity index (χ3v) is 3.08. The molecule has 0 aliphatic carbocycles. The molecule has 0 radical (unpaired) electrons. The highest BCUT2D eigenvalue weighted by molar-refractivity contribution is 9.10. The van der Waals surface area contributed by atoms with Gasteiger partial charge in [0.15, 0.2) is 0 Å². The van der Waals surface area contributed by atoms with Crippen LogP contribution >= 0.6 is 15.9 Å². The average Bonchev–Trinajstić information content (AvgIpc) is 2.67. The van der Waals surface area contributed by atoms with Crippen LogP contribution in [0.2, 0.25) is 0 Å². The minimum Gasteiger partial charge on any atom is -0.463 e. The molecule has 5 heteroatoms. The van der Waals surface area contributed by atoms with E-state index < -0.39 is 5.97 Å². The van der Waals surface area contributed by atoms with Gasteiger partial charge in [0, 0.05) is 4.47 Å². The van der Waals surface area contributed by atoms with Crippen LogP contribution in [0.3, 0.4) is 0 Å². The fourth-order valence-electron chi connectivity index (χ4n) is 1.38. The standard InChI is InChI=1S/C10H9BrN2O2/c1-5-6(11)3-4-7-8(5)13-9(12-7)10(14)15-2/h3-4H,1-2H3,(H,12,13). The first-order chi connectivity index (χ1) is 7.13. The number of nitrogens with one attached hydrogen (secondary N) is 1. The molecule has 1 N–H and O–H groups in total. The fourth-order valence-corrected chi connectivity index (χ4v) is 1.70. The van der Waals surface area contributed by atoms with Crippen LogP contribution in [0.4, 0.5) is 0 Å². The van der Waals surface area contributed by atoms with Gasteiger partial charge in [-0.05, 0) is 24.6 Å². The number of methoxy groups -OCH3 is 1. The van der Waals surface area contributed by atoms with E-state index in [1.807, 2.05) is 19.1 Å². The number of benzene rings is 1. The molecule has 0 saturated heterocycles. The second-order valence-corrected chi connectivity index (χ2v) is 4.00. The topological polar surface area (TPSA) is 55.0 Å². The van der Waals surface area contributed by atoms with Gasteiger partial charge in [0.25, 0.3) is 0 Å². The summed E-state index contributed by atoms with van der Waals surface area (Å²) < 4.78 is 5.56. The molecule has 0 fully saturated rings. The lowest BCUT2D eigenvalue weighted by molar-refractivity contribution is 0.0588. The summed E-state index contributed by atoms with van der Waals surface area (Å²) in [6.07, 6.45) is 0. The number of aromatic amines is 1. The molecule has 1 aromatic heterocycles. The van der Waals surface area contributed by atoms with E-state index in [9.17, 15) is 4.79 Å². The van der Waals surface area contributed by atoms with Gasteiger partial charge >= 0.3 is 5.97 Å². The van der Waals surface area contributed by atoms with Crippen LogP contribution in [0, 0.1) is 6.92 Å². The van der Waals surface area contributed by atoms with Crippen molar-refractivity contribution in [2.24, 2.45) is 0 Å². The van der Waals surface area contributed by atoms with Gasteiger partial charge in [-0.1, -0.05) is 15.9 Å². The van der Waals surface area contributed by atoms with Crippen LogP contribution in [0.5, 0.6) is 0 Å². The zero-order valence-corrected chi connectivity index (χ0v) is 9.88. The first-order valence-corrected chi connectivity index (χ1v) is 5.16. The Morgan fingerprint density at radius 2 is 2.27 bits per heavy atom. The molecule has 0 aliphatic heterocycles. The summed E-state index contributed by atoms with van der Waals surface area (Å²) >= 11 is 3.41. The number of H-pyrrole nitrogens is 1. The number of imidazole rings is 1. The second kappa shape index (κ2) is 3.66. The lowest BCUT2D eigenvalue weighted by atomic mass is 10.2. The molecule has 2 rings (SSSR count). The van der Waals surface area contributed by atoms with Gasteiger partial charge in [-0.15, -0.1) is 0 Å². The fraction of sp³-hybridized carbons (Fsp3) is 0.200. The van der Waals surface area contributed by atoms with Crippen LogP contribution in [-0.4, -0.2) is 23.0 Å². The maximum atomic E-state index is 11.3. The Morgan fingerprint density at radius 1 is 1.53 bits per heavy atom. The van der Waals surface area contributed by atoms with E-state index in [-0.39, 0.29) is 5.82 Å². The smallest absolute Gasteiger partial charge is 0.374 e. The zero-order valence-electron chi connectivity index (χ0n) is 8.30. The Bertz CT molecular complexity index is 533. The molecule has 1 heterocycles. The van der Waals surface area contributed by atoms with Crippen LogP contribution in [0.15, 0.2) is 16.6 Å². The number of rotatable bonds is 1. The molecule has 0 spiro atoms. The number of esters is 1. The Hall–Kier alpha value is -1.36. The molecule has 0 amide bonds. The van der Waals surface area contributed by atoms with E-state index in [1.54, 1.807) is 0 Å². The van der Waals surface area contributed by atoms with Gasteiger partial charge in [0.05, 0.1) is 18.1 Å².